The van der Waals surface area contributed by atoms with Gasteiger partial charge in [0.1, 0.15) is 17.7 Å². The van der Waals surface area contributed by atoms with Gasteiger partial charge in [-0.2, -0.15) is 0 Å². The van der Waals surface area contributed by atoms with Crippen LogP contribution in [0, 0.1) is 11.6 Å². The molecule has 1 aromatic rings. The number of urea groups is 1. The van der Waals surface area contributed by atoms with Gasteiger partial charge in [0, 0.05) is 12.5 Å². The number of carbonyl (C=O) groups excluding carboxylic acids is 3. The molecule has 6 nitrogen and oxygen atoms in total. The number of benzene rings is 1. The van der Waals surface area contributed by atoms with Crippen molar-refractivity contribution in [2.24, 2.45) is 0 Å². The summed E-state index contributed by atoms with van der Waals surface area (Å²) in [5, 5.41) is 6.63. The van der Waals surface area contributed by atoms with Crippen LogP contribution in [0.25, 0.3) is 0 Å². The molecule has 1 aliphatic heterocycles. The number of amides is 4. The first-order chi connectivity index (χ1) is 9.45. The van der Waals surface area contributed by atoms with E-state index in [0.717, 1.165) is 12.1 Å². The summed E-state index contributed by atoms with van der Waals surface area (Å²) in [6, 6.07) is 1.40. The van der Waals surface area contributed by atoms with Gasteiger partial charge in [-0.15, -0.1) is 0 Å². The molecule has 0 aliphatic carbocycles. The summed E-state index contributed by atoms with van der Waals surface area (Å²) in [5.74, 6) is -2.67. The lowest BCUT2D eigenvalue weighted by Gasteiger charge is -2.08. The zero-order valence-electron chi connectivity index (χ0n) is 10.2. The number of halogens is 2. The van der Waals surface area contributed by atoms with E-state index in [9.17, 15) is 23.2 Å². The van der Waals surface area contributed by atoms with E-state index in [1.165, 1.54) is 0 Å². The summed E-state index contributed by atoms with van der Waals surface area (Å²) in [6.45, 7) is 0. The monoisotopic (exact) mass is 283 g/mol. The van der Waals surface area contributed by atoms with E-state index in [2.05, 4.69) is 10.6 Å². The van der Waals surface area contributed by atoms with Gasteiger partial charge < -0.3 is 10.6 Å². The van der Waals surface area contributed by atoms with Crippen molar-refractivity contribution in [3.05, 3.63) is 29.8 Å². The second kappa shape index (κ2) is 5.64. The smallest absolute Gasteiger partial charge is 0.322 e. The number of anilines is 1. The molecule has 0 aromatic heterocycles. The van der Waals surface area contributed by atoms with Gasteiger partial charge in [-0.05, 0) is 18.6 Å². The van der Waals surface area contributed by atoms with Crippen LogP contribution in [0.2, 0.25) is 0 Å². The Labute approximate surface area is 112 Å². The van der Waals surface area contributed by atoms with E-state index in [1.54, 1.807) is 0 Å². The maximum Gasteiger partial charge on any atom is 0.322 e. The maximum absolute atomic E-state index is 13.3. The molecule has 106 valence electrons. The Morgan fingerprint density at radius 3 is 2.65 bits per heavy atom. The number of rotatable bonds is 4. The van der Waals surface area contributed by atoms with Crippen LogP contribution in [-0.4, -0.2) is 23.9 Å². The van der Waals surface area contributed by atoms with Crippen LogP contribution in [0.3, 0.4) is 0 Å². The van der Waals surface area contributed by atoms with Crippen molar-refractivity contribution < 1.29 is 23.2 Å². The topological polar surface area (TPSA) is 87.3 Å². The third kappa shape index (κ3) is 3.28. The molecule has 0 radical (unpaired) electrons. The highest BCUT2D eigenvalue weighted by Crippen LogP contribution is 2.15. The molecule has 0 saturated carbocycles. The summed E-state index contributed by atoms with van der Waals surface area (Å²) in [7, 11) is 0. The first-order valence-electron chi connectivity index (χ1n) is 5.82. The fourth-order valence-corrected chi connectivity index (χ4v) is 1.74. The molecule has 0 bridgehead atoms. The van der Waals surface area contributed by atoms with Crippen molar-refractivity contribution in [3.8, 4) is 0 Å². The number of imide groups is 1. The fraction of sp³-hybridized carbons (Fsp3) is 0.250. The Hall–Kier alpha value is -2.51. The standard InChI is InChI=1S/C12H11F2N3O3/c13-6-1-2-8(7(14)5-6)15-10(18)4-3-9-11(19)17-12(20)16-9/h1-2,5,9H,3-4H2,(H,15,18)(H2,16,17,19,20)/t9-/m1/s1. The van der Waals surface area contributed by atoms with E-state index in [4.69, 9.17) is 0 Å². The fourth-order valence-electron chi connectivity index (χ4n) is 1.74. The number of carbonyl (C=O) groups is 3. The van der Waals surface area contributed by atoms with Gasteiger partial charge in [0.15, 0.2) is 0 Å². The molecule has 1 atom stereocenters. The average Bonchev–Trinajstić information content (AvgIpc) is 2.69. The Morgan fingerprint density at radius 1 is 1.30 bits per heavy atom. The molecule has 8 heteroatoms. The lowest BCUT2D eigenvalue weighted by Crippen LogP contribution is -2.30. The normalized spacial score (nSPS) is 17.6. The summed E-state index contributed by atoms with van der Waals surface area (Å²) >= 11 is 0. The SMILES string of the molecule is O=C(CC[C@H]1NC(=O)NC1=O)Nc1ccc(F)cc1F. The van der Waals surface area contributed by atoms with E-state index in [-0.39, 0.29) is 18.5 Å². The molecule has 1 aliphatic rings. The van der Waals surface area contributed by atoms with Gasteiger partial charge in [-0.1, -0.05) is 0 Å². The minimum Gasteiger partial charge on any atom is -0.326 e. The van der Waals surface area contributed by atoms with Crippen molar-refractivity contribution in [2.45, 2.75) is 18.9 Å². The highest BCUT2D eigenvalue weighted by Gasteiger charge is 2.29. The van der Waals surface area contributed by atoms with E-state index < -0.39 is 35.5 Å². The first kappa shape index (κ1) is 13.9. The van der Waals surface area contributed by atoms with Gasteiger partial charge in [-0.25, -0.2) is 13.6 Å². The first-order valence-corrected chi connectivity index (χ1v) is 5.82. The lowest BCUT2D eigenvalue weighted by molar-refractivity contribution is -0.120. The Balaban J connectivity index is 1.86. The van der Waals surface area contributed by atoms with E-state index in [1.807, 2.05) is 5.32 Å². The minimum atomic E-state index is -0.884. The lowest BCUT2D eigenvalue weighted by atomic mass is 10.1. The Morgan fingerprint density at radius 2 is 2.05 bits per heavy atom. The zero-order valence-corrected chi connectivity index (χ0v) is 10.2. The average molecular weight is 283 g/mol. The third-order valence-corrected chi connectivity index (χ3v) is 2.72. The second-order valence-corrected chi connectivity index (χ2v) is 4.23. The van der Waals surface area contributed by atoms with Crippen molar-refractivity contribution in [2.75, 3.05) is 5.32 Å². The quantitative estimate of drug-likeness (QED) is 0.717. The van der Waals surface area contributed by atoms with Crippen molar-refractivity contribution in [1.82, 2.24) is 10.6 Å². The van der Waals surface area contributed by atoms with Crippen LogP contribution in [-0.2, 0) is 9.59 Å². The molecule has 0 unspecified atom stereocenters. The number of nitrogens with one attached hydrogen (secondary N) is 3. The van der Waals surface area contributed by atoms with Crippen LogP contribution >= 0.6 is 0 Å². The Kier molecular flexibility index (Phi) is 3.92. The van der Waals surface area contributed by atoms with Crippen molar-refractivity contribution in [3.63, 3.8) is 0 Å². The van der Waals surface area contributed by atoms with E-state index in [0.29, 0.717) is 6.07 Å². The number of hydrogen-bond acceptors (Lipinski definition) is 3. The summed E-state index contributed by atoms with van der Waals surface area (Å²) in [4.78, 5) is 33.6. The zero-order chi connectivity index (χ0) is 14.7. The molecule has 1 aromatic carbocycles. The predicted octanol–water partition coefficient (Wildman–Crippen LogP) is 0.891. The summed E-state index contributed by atoms with van der Waals surface area (Å²) in [6.07, 6.45) is 0.00139. The van der Waals surface area contributed by atoms with Gasteiger partial charge in [0.05, 0.1) is 5.69 Å². The van der Waals surface area contributed by atoms with Crippen molar-refractivity contribution >= 4 is 23.5 Å². The second-order valence-electron chi connectivity index (χ2n) is 4.23. The Bertz CT molecular complexity index is 577. The largest absolute Gasteiger partial charge is 0.326 e. The van der Waals surface area contributed by atoms with Crippen LogP contribution in [0.15, 0.2) is 18.2 Å². The highest BCUT2D eigenvalue weighted by atomic mass is 19.1. The predicted molar refractivity (Wildman–Crippen MR) is 64.7 cm³/mol. The van der Waals surface area contributed by atoms with Crippen LogP contribution in [0.1, 0.15) is 12.8 Å². The molecule has 2 rings (SSSR count). The summed E-state index contributed by atoms with van der Waals surface area (Å²) < 4.78 is 26.0. The van der Waals surface area contributed by atoms with E-state index >= 15 is 0 Å². The molecule has 1 fully saturated rings. The van der Waals surface area contributed by atoms with Gasteiger partial charge in [0.25, 0.3) is 5.91 Å². The minimum absolute atomic E-state index is 0.0881. The van der Waals surface area contributed by atoms with Gasteiger partial charge in [0.2, 0.25) is 5.91 Å². The van der Waals surface area contributed by atoms with Gasteiger partial charge >= 0.3 is 6.03 Å². The maximum atomic E-state index is 13.3. The van der Waals surface area contributed by atoms with Crippen molar-refractivity contribution in [1.29, 1.82) is 0 Å². The molecule has 0 spiro atoms. The summed E-state index contributed by atoms with van der Waals surface area (Å²) in [5.41, 5.74) is -0.142. The molecule has 3 N–H and O–H groups in total. The van der Waals surface area contributed by atoms with Gasteiger partial charge in [-0.3, -0.25) is 14.9 Å². The third-order valence-electron chi connectivity index (χ3n) is 2.72. The highest BCUT2D eigenvalue weighted by molar-refractivity contribution is 6.04. The molecular weight excluding hydrogens is 272 g/mol. The molecule has 4 amide bonds. The van der Waals surface area contributed by atoms with Crippen LogP contribution < -0.4 is 16.0 Å². The molecule has 1 heterocycles. The molecule has 1 saturated heterocycles. The van der Waals surface area contributed by atoms with Crippen LogP contribution in [0.4, 0.5) is 19.3 Å². The molecule has 20 heavy (non-hydrogen) atoms. The number of hydrogen-bond donors (Lipinski definition) is 3. The van der Waals surface area contributed by atoms with Crippen LogP contribution in [0.5, 0.6) is 0 Å². The molecular formula is C12H11F2N3O3.